The van der Waals surface area contributed by atoms with Gasteiger partial charge >= 0.3 is 0 Å². The van der Waals surface area contributed by atoms with Gasteiger partial charge in [-0.2, -0.15) is 11.8 Å². The zero-order valence-electron chi connectivity index (χ0n) is 11.4. The first-order valence-corrected chi connectivity index (χ1v) is 7.20. The van der Waals surface area contributed by atoms with Crippen molar-refractivity contribution < 1.29 is 4.79 Å². The van der Waals surface area contributed by atoms with E-state index in [0.717, 1.165) is 29.2 Å². The summed E-state index contributed by atoms with van der Waals surface area (Å²) in [4.78, 5) is 14.2. The molecule has 0 saturated heterocycles. The summed E-state index contributed by atoms with van der Waals surface area (Å²) >= 11 is 1.81. The third-order valence-corrected chi connectivity index (χ3v) is 3.76. The van der Waals surface area contributed by atoms with Crippen molar-refractivity contribution in [3.63, 3.8) is 0 Å². The zero-order valence-corrected chi connectivity index (χ0v) is 12.2. The number of carbonyl (C=O) groups is 1. The third kappa shape index (κ3) is 3.61. The second-order valence-electron chi connectivity index (χ2n) is 4.50. The average Bonchev–Trinajstić information content (AvgIpc) is 2.54. The van der Waals surface area contributed by atoms with Crippen molar-refractivity contribution in [2.24, 2.45) is 7.05 Å². The fourth-order valence-electron chi connectivity index (χ4n) is 1.79. The molecule has 1 heterocycles. The largest absolute Gasteiger partial charge is 0.351 e. The first-order chi connectivity index (χ1) is 7.97. The molecule has 0 spiro atoms. The molecular formula is C13H22N2OS. The second kappa shape index (κ2) is 6.26. The molecule has 4 heteroatoms. The Labute approximate surface area is 108 Å². The molecule has 1 rings (SSSR count). The lowest BCUT2D eigenvalue weighted by Gasteiger charge is -2.14. The molecule has 0 radical (unpaired) electrons. The molecule has 17 heavy (non-hydrogen) atoms. The van der Waals surface area contributed by atoms with Crippen molar-refractivity contribution in [2.75, 3.05) is 32.1 Å². The zero-order chi connectivity index (χ0) is 13.0. The van der Waals surface area contributed by atoms with E-state index >= 15 is 0 Å². The molecule has 0 unspecified atom stereocenters. The Bertz CT molecular complexity index is 398. The Morgan fingerprint density at radius 2 is 2.12 bits per heavy atom. The Morgan fingerprint density at radius 3 is 2.59 bits per heavy atom. The summed E-state index contributed by atoms with van der Waals surface area (Å²) in [6.07, 6.45) is 2.08. The number of likely N-dealkylation sites (N-methyl/N-ethyl adjacent to an activating group) is 1. The monoisotopic (exact) mass is 254 g/mol. The Hall–Kier alpha value is -0.740. The minimum atomic E-state index is 0.217. The van der Waals surface area contributed by atoms with Crippen molar-refractivity contribution in [1.29, 1.82) is 0 Å². The van der Waals surface area contributed by atoms with Crippen LogP contribution in [0.2, 0.25) is 0 Å². The smallest absolute Gasteiger partial charge is 0.178 e. The van der Waals surface area contributed by atoms with Crippen LogP contribution in [0.3, 0.4) is 0 Å². The molecule has 0 bridgehead atoms. The van der Waals surface area contributed by atoms with Crippen LogP contribution in [-0.2, 0) is 7.05 Å². The minimum Gasteiger partial charge on any atom is -0.351 e. The SMILES string of the molecule is CSCCN(C)CC(=O)c1cc(C)n(C)c1C. The molecule has 3 nitrogen and oxygen atoms in total. The average molecular weight is 254 g/mol. The van der Waals surface area contributed by atoms with Crippen LogP contribution in [-0.4, -0.2) is 47.4 Å². The van der Waals surface area contributed by atoms with Gasteiger partial charge in [0.1, 0.15) is 0 Å². The van der Waals surface area contributed by atoms with Crippen molar-refractivity contribution in [3.05, 3.63) is 23.0 Å². The minimum absolute atomic E-state index is 0.217. The fraction of sp³-hybridized carbons (Fsp3) is 0.615. The van der Waals surface area contributed by atoms with Crippen LogP contribution in [0.15, 0.2) is 6.07 Å². The summed E-state index contributed by atoms with van der Waals surface area (Å²) in [5, 5.41) is 0. The maximum atomic E-state index is 12.1. The van der Waals surface area contributed by atoms with Crippen LogP contribution in [0, 0.1) is 13.8 Å². The van der Waals surface area contributed by atoms with E-state index in [-0.39, 0.29) is 5.78 Å². The predicted octanol–water partition coefficient (Wildman–Crippen LogP) is 2.12. The number of aromatic nitrogens is 1. The first-order valence-electron chi connectivity index (χ1n) is 5.81. The van der Waals surface area contributed by atoms with Gasteiger partial charge in [-0.15, -0.1) is 0 Å². The molecule has 1 aromatic rings. The number of rotatable bonds is 6. The van der Waals surface area contributed by atoms with Crippen LogP contribution in [0.4, 0.5) is 0 Å². The summed E-state index contributed by atoms with van der Waals surface area (Å²) in [7, 11) is 4.00. The molecular weight excluding hydrogens is 232 g/mol. The van der Waals surface area contributed by atoms with Gasteiger partial charge in [0, 0.05) is 36.3 Å². The van der Waals surface area contributed by atoms with E-state index < -0.39 is 0 Å². The molecule has 1 aromatic heterocycles. The van der Waals surface area contributed by atoms with Crippen molar-refractivity contribution in [2.45, 2.75) is 13.8 Å². The number of hydrogen-bond acceptors (Lipinski definition) is 3. The van der Waals surface area contributed by atoms with Gasteiger partial charge in [0.05, 0.1) is 6.54 Å². The maximum absolute atomic E-state index is 12.1. The van der Waals surface area contributed by atoms with E-state index in [1.165, 1.54) is 0 Å². The second-order valence-corrected chi connectivity index (χ2v) is 5.48. The van der Waals surface area contributed by atoms with Crippen molar-refractivity contribution in [3.8, 4) is 0 Å². The Morgan fingerprint density at radius 1 is 1.47 bits per heavy atom. The molecule has 0 aliphatic carbocycles. The summed E-state index contributed by atoms with van der Waals surface area (Å²) in [5.41, 5.74) is 3.06. The van der Waals surface area contributed by atoms with Gasteiger partial charge in [-0.3, -0.25) is 9.69 Å². The highest BCUT2D eigenvalue weighted by Crippen LogP contribution is 2.14. The van der Waals surface area contributed by atoms with E-state index in [1.807, 2.05) is 34.0 Å². The van der Waals surface area contributed by atoms with Gasteiger partial charge in [0.2, 0.25) is 0 Å². The summed E-state index contributed by atoms with van der Waals surface area (Å²) < 4.78 is 2.06. The highest BCUT2D eigenvalue weighted by atomic mass is 32.2. The third-order valence-electron chi connectivity index (χ3n) is 3.17. The fourth-order valence-corrected chi connectivity index (χ4v) is 2.29. The van der Waals surface area contributed by atoms with Gasteiger partial charge in [-0.05, 0) is 33.2 Å². The van der Waals surface area contributed by atoms with Gasteiger partial charge in [0.25, 0.3) is 0 Å². The van der Waals surface area contributed by atoms with Crippen LogP contribution in [0.1, 0.15) is 21.7 Å². The van der Waals surface area contributed by atoms with Crippen molar-refractivity contribution >= 4 is 17.5 Å². The lowest BCUT2D eigenvalue weighted by atomic mass is 10.1. The number of Topliss-reactive ketones (excluding diaryl/α,β-unsaturated/α-hetero) is 1. The van der Waals surface area contributed by atoms with Gasteiger partial charge < -0.3 is 4.57 Å². The number of nitrogens with zero attached hydrogens (tertiary/aromatic N) is 2. The van der Waals surface area contributed by atoms with E-state index in [4.69, 9.17) is 0 Å². The molecule has 0 aliphatic heterocycles. The number of hydrogen-bond donors (Lipinski definition) is 0. The first kappa shape index (κ1) is 14.3. The van der Waals surface area contributed by atoms with Crippen LogP contribution < -0.4 is 0 Å². The molecule has 0 aliphatic rings. The maximum Gasteiger partial charge on any atom is 0.178 e. The molecule has 96 valence electrons. The summed E-state index contributed by atoms with van der Waals surface area (Å²) in [5.74, 6) is 1.28. The van der Waals surface area contributed by atoms with Crippen LogP contribution in [0.25, 0.3) is 0 Å². The molecule has 0 N–H and O–H groups in total. The lowest BCUT2D eigenvalue weighted by molar-refractivity contribution is 0.0949. The molecule has 0 fully saturated rings. The summed E-state index contributed by atoms with van der Waals surface area (Å²) in [6.45, 7) is 5.49. The Balaban J connectivity index is 2.67. The molecule has 0 aromatic carbocycles. The number of aryl methyl sites for hydroxylation is 1. The van der Waals surface area contributed by atoms with Crippen LogP contribution in [0.5, 0.6) is 0 Å². The van der Waals surface area contributed by atoms with Gasteiger partial charge in [0.15, 0.2) is 5.78 Å². The van der Waals surface area contributed by atoms with Crippen LogP contribution >= 0.6 is 11.8 Å². The highest BCUT2D eigenvalue weighted by molar-refractivity contribution is 7.98. The van der Waals surface area contributed by atoms with E-state index in [1.54, 1.807) is 11.8 Å². The summed E-state index contributed by atoms with van der Waals surface area (Å²) in [6, 6.07) is 1.99. The molecule has 0 saturated carbocycles. The number of thioether (sulfide) groups is 1. The topological polar surface area (TPSA) is 25.2 Å². The Kier molecular flexibility index (Phi) is 5.28. The van der Waals surface area contributed by atoms with Crippen molar-refractivity contribution in [1.82, 2.24) is 9.47 Å². The molecule has 0 atom stereocenters. The van der Waals surface area contributed by atoms with E-state index in [2.05, 4.69) is 15.7 Å². The normalized spacial score (nSPS) is 11.2. The predicted molar refractivity (Wildman–Crippen MR) is 75.1 cm³/mol. The van der Waals surface area contributed by atoms with Gasteiger partial charge in [-0.25, -0.2) is 0 Å². The van der Waals surface area contributed by atoms with E-state index in [0.29, 0.717) is 6.54 Å². The number of carbonyl (C=O) groups excluding carboxylic acids is 1. The van der Waals surface area contributed by atoms with Gasteiger partial charge in [-0.1, -0.05) is 0 Å². The molecule has 0 amide bonds. The van der Waals surface area contributed by atoms with E-state index in [9.17, 15) is 4.79 Å². The highest BCUT2D eigenvalue weighted by Gasteiger charge is 2.15. The lowest BCUT2D eigenvalue weighted by Crippen LogP contribution is -2.28. The number of ketones is 1. The standard InChI is InChI=1S/C13H22N2OS/c1-10-8-12(11(2)15(10)4)13(16)9-14(3)6-7-17-5/h8H,6-7,9H2,1-5H3. The quantitative estimate of drug-likeness (QED) is 0.727.